The molecule has 2 aromatic heterocycles. The molecule has 0 saturated carbocycles. The zero-order chi connectivity index (χ0) is 20.2. The molecule has 0 spiro atoms. The van der Waals surface area contributed by atoms with Crippen molar-refractivity contribution in [1.29, 1.82) is 0 Å². The summed E-state index contributed by atoms with van der Waals surface area (Å²) in [6.07, 6.45) is 4.35. The summed E-state index contributed by atoms with van der Waals surface area (Å²) in [5.74, 6) is 0.430. The number of hydrogen-bond donors (Lipinski definition) is 1. The molecule has 1 saturated heterocycles. The Hall–Kier alpha value is -3.26. The molecule has 29 heavy (non-hydrogen) atoms. The number of benzene rings is 1. The van der Waals surface area contributed by atoms with Gasteiger partial charge in [-0.1, -0.05) is 18.2 Å². The van der Waals surface area contributed by atoms with Gasteiger partial charge in [-0.05, 0) is 42.4 Å². The number of carbonyl (C=O) groups excluding carboxylic acids is 1. The minimum atomic E-state index is -0.197. The average molecular weight is 407 g/mol. The molecule has 1 amide bonds. The van der Waals surface area contributed by atoms with E-state index in [2.05, 4.69) is 15.3 Å². The maximum atomic E-state index is 13.2. The van der Waals surface area contributed by atoms with E-state index in [0.717, 1.165) is 22.9 Å². The van der Waals surface area contributed by atoms with Crippen molar-refractivity contribution in [1.82, 2.24) is 25.3 Å². The summed E-state index contributed by atoms with van der Waals surface area (Å²) in [6, 6.07) is 13.1. The smallest absolute Gasteiger partial charge is 0.291 e. The monoisotopic (exact) mass is 407 g/mol. The molecule has 1 aliphatic heterocycles. The Bertz CT molecular complexity index is 1040. The van der Waals surface area contributed by atoms with E-state index in [1.54, 1.807) is 35.6 Å². The first-order valence-corrected chi connectivity index (χ1v) is 9.78. The summed E-state index contributed by atoms with van der Waals surface area (Å²) in [5, 5.41) is 8.04. The number of rotatable bonds is 4. The zero-order valence-corrected chi connectivity index (χ0v) is 16.9. The number of thiocarbonyl (C=S) groups is 1. The van der Waals surface area contributed by atoms with Crippen LogP contribution in [0.5, 0.6) is 5.75 Å². The highest BCUT2D eigenvalue weighted by Crippen LogP contribution is 2.26. The van der Waals surface area contributed by atoms with Gasteiger partial charge in [-0.15, -0.1) is 0 Å². The van der Waals surface area contributed by atoms with Crippen LogP contribution in [0.1, 0.15) is 22.5 Å². The average Bonchev–Trinajstić information content (AvgIpc) is 3.27. The highest BCUT2D eigenvalue weighted by atomic mass is 32.1. The van der Waals surface area contributed by atoms with Crippen molar-refractivity contribution in [3.63, 3.8) is 0 Å². The number of hydrazine groups is 1. The van der Waals surface area contributed by atoms with E-state index >= 15 is 0 Å². The number of pyridine rings is 2. The number of para-hydroxylation sites is 1. The van der Waals surface area contributed by atoms with Gasteiger partial charge in [-0.25, -0.2) is 9.99 Å². The lowest BCUT2D eigenvalue weighted by atomic mass is 10.1. The van der Waals surface area contributed by atoms with Crippen molar-refractivity contribution in [3.05, 3.63) is 66.1 Å². The Labute approximate surface area is 174 Å². The third-order valence-corrected chi connectivity index (χ3v) is 5.14. The standard InChI is InChI=1S/C21H21N5O2S/c1-28-19-12-18(24-17-8-3-2-7-16(17)19)20(27)25-10-5-11-26(25)21(29)23-14-15-6-4-9-22-13-15/h2-4,6-9,12-13H,5,10-11,14H2,1H3,(H,23,29). The first-order valence-electron chi connectivity index (χ1n) is 9.37. The Balaban J connectivity index is 1.53. The van der Waals surface area contributed by atoms with Crippen molar-refractivity contribution in [2.24, 2.45) is 0 Å². The quantitative estimate of drug-likeness (QED) is 0.667. The van der Waals surface area contributed by atoms with Crippen LogP contribution < -0.4 is 10.1 Å². The van der Waals surface area contributed by atoms with Crippen molar-refractivity contribution in [2.45, 2.75) is 13.0 Å². The summed E-state index contributed by atoms with van der Waals surface area (Å²) in [4.78, 5) is 21.9. The van der Waals surface area contributed by atoms with Gasteiger partial charge in [0.1, 0.15) is 11.4 Å². The molecule has 8 heteroatoms. The molecule has 0 aliphatic carbocycles. The summed E-state index contributed by atoms with van der Waals surface area (Å²) in [6.45, 7) is 1.81. The third-order valence-electron chi connectivity index (χ3n) is 4.78. The number of nitrogens with zero attached hydrogens (tertiary/aromatic N) is 4. The zero-order valence-electron chi connectivity index (χ0n) is 16.0. The fourth-order valence-corrected chi connectivity index (χ4v) is 3.62. The van der Waals surface area contributed by atoms with Crippen LogP contribution in [0.25, 0.3) is 10.9 Å². The highest BCUT2D eigenvalue weighted by Gasteiger charge is 2.30. The van der Waals surface area contributed by atoms with Crippen LogP contribution >= 0.6 is 12.2 Å². The molecule has 148 valence electrons. The fraction of sp³-hybridized carbons (Fsp3) is 0.238. The van der Waals surface area contributed by atoms with Crippen LogP contribution in [0.15, 0.2) is 54.9 Å². The van der Waals surface area contributed by atoms with Gasteiger partial charge in [0, 0.05) is 43.5 Å². The van der Waals surface area contributed by atoms with E-state index in [1.165, 1.54) is 0 Å². The van der Waals surface area contributed by atoms with E-state index < -0.39 is 0 Å². The van der Waals surface area contributed by atoms with Gasteiger partial charge in [0.15, 0.2) is 5.11 Å². The van der Waals surface area contributed by atoms with Crippen molar-refractivity contribution in [2.75, 3.05) is 20.2 Å². The molecule has 0 bridgehead atoms. The molecule has 1 aromatic carbocycles. The molecule has 0 unspecified atom stereocenters. The molecule has 1 fully saturated rings. The summed E-state index contributed by atoms with van der Waals surface area (Å²) in [5.41, 5.74) is 2.08. The molecule has 0 atom stereocenters. The Morgan fingerprint density at radius 2 is 2.03 bits per heavy atom. The Morgan fingerprint density at radius 3 is 2.83 bits per heavy atom. The van der Waals surface area contributed by atoms with Crippen molar-refractivity contribution in [3.8, 4) is 5.75 Å². The van der Waals surface area contributed by atoms with Crippen LogP contribution in [0, 0.1) is 0 Å². The number of carbonyl (C=O) groups is 1. The van der Waals surface area contributed by atoms with Crippen LogP contribution in [-0.2, 0) is 6.54 Å². The van der Waals surface area contributed by atoms with Gasteiger partial charge < -0.3 is 10.1 Å². The second-order valence-corrected chi connectivity index (χ2v) is 7.04. The number of methoxy groups -OCH3 is 1. The van der Waals surface area contributed by atoms with Gasteiger partial charge in [-0.3, -0.25) is 14.8 Å². The van der Waals surface area contributed by atoms with Crippen LogP contribution in [0.3, 0.4) is 0 Å². The van der Waals surface area contributed by atoms with Gasteiger partial charge in [0.25, 0.3) is 5.91 Å². The molecule has 1 aliphatic rings. The minimum Gasteiger partial charge on any atom is -0.496 e. The van der Waals surface area contributed by atoms with E-state index in [9.17, 15) is 4.79 Å². The van der Waals surface area contributed by atoms with Gasteiger partial charge in [-0.2, -0.15) is 0 Å². The topological polar surface area (TPSA) is 70.6 Å². The maximum absolute atomic E-state index is 13.2. The lowest BCUT2D eigenvalue weighted by Gasteiger charge is -2.30. The second-order valence-electron chi connectivity index (χ2n) is 6.65. The Morgan fingerprint density at radius 1 is 1.21 bits per heavy atom. The first kappa shape index (κ1) is 19.1. The number of aromatic nitrogens is 2. The van der Waals surface area contributed by atoms with Gasteiger partial charge >= 0.3 is 0 Å². The fourth-order valence-electron chi connectivity index (χ4n) is 3.36. The lowest BCUT2D eigenvalue weighted by Crippen LogP contribution is -2.49. The lowest BCUT2D eigenvalue weighted by molar-refractivity contribution is 0.0485. The van der Waals surface area contributed by atoms with E-state index in [4.69, 9.17) is 17.0 Å². The molecular weight excluding hydrogens is 386 g/mol. The second kappa shape index (κ2) is 8.40. The largest absolute Gasteiger partial charge is 0.496 e. The number of nitrogens with one attached hydrogen (secondary N) is 1. The summed E-state index contributed by atoms with van der Waals surface area (Å²) >= 11 is 5.54. The predicted molar refractivity (Wildman–Crippen MR) is 114 cm³/mol. The third kappa shape index (κ3) is 3.97. The van der Waals surface area contributed by atoms with Crippen molar-refractivity contribution >= 4 is 34.1 Å². The van der Waals surface area contributed by atoms with E-state index in [0.29, 0.717) is 36.2 Å². The molecular formula is C21H21N5O2S. The first-order chi connectivity index (χ1) is 14.2. The van der Waals surface area contributed by atoms with Crippen LogP contribution in [-0.4, -0.2) is 51.2 Å². The van der Waals surface area contributed by atoms with Crippen LogP contribution in [0.4, 0.5) is 0 Å². The SMILES string of the molecule is COc1cc(C(=O)N2CCCN2C(=S)NCc2cccnc2)nc2ccccc12. The normalized spacial score (nSPS) is 13.6. The molecule has 7 nitrogen and oxygen atoms in total. The van der Waals surface area contributed by atoms with E-state index in [1.807, 2.05) is 36.4 Å². The van der Waals surface area contributed by atoms with Crippen molar-refractivity contribution < 1.29 is 9.53 Å². The number of hydrogen-bond acceptors (Lipinski definition) is 5. The molecule has 3 heterocycles. The molecule has 1 N–H and O–H groups in total. The number of fused-ring (bicyclic) bond motifs is 1. The van der Waals surface area contributed by atoms with Gasteiger partial charge in [0.05, 0.1) is 12.6 Å². The van der Waals surface area contributed by atoms with Gasteiger partial charge in [0.2, 0.25) is 0 Å². The molecule has 3 aromatic rings. The Kier molecular flexibility index (Phi) is 5.53. The molecule has 4 rings (SSSR count). The van der Waals surface area contributed by atoms with E-state index in [-0.39, 0.29) is 5.91 Å². The number of ether oxygens (including phenoxy) is 1. The maximum Gasteiger partial charge on any atom is 0.291 e. The highest BCUT2D eigenvalue weighted by molar-refractivity contribution is 7.80. The minimum absolute atomic E-state index is 0.197. The summed E-state index contributed by atoms with van der Waals surface area (Å²) < 4.78 is 5.47. The summed E-state index contributed by atoms with van der Waals surface area (Å²) in [7, 11) is 1.59. The number of amides is 1. The predicted octanol–water partition coefficient (Wildman–Crippen LogP) is 2.78. The molecule has 0 radical (unpaired) electrons. The van der Waals surface area contributed by atoms with Crippen LogP contribution in [0.2, 0.25) is 0 Å².